The van der Waals surface area contributed by atoms with Crippen LogP contribution in [0.1, 0.15) is 18.9 Å². The van der Waals surface area contributed by atoms with E-state index in [9.17, 15) is 13.2 Å². The molecule has 0 radical (unpaired) electrons. The largest absolute Gasteiger partial charge is 0.494 e. The van der Waals surface area contributed by atoms with Crippen molar-refractivity contribution in [3.63, 3.8) is 0 Å². The fourth-order valence-electron chi connectivity index (χ4n) is 3.64. The van der Waals surface area contributed by atoms with E-state index in [1.165, 1.54) is 12.1 Å². The summed E-state index contributed by atoms with van der Waals surface area (Å²) >= 11 is 0. The van der Waals surface area contributed by atoms with Crippen molar-refractivity contribution in [2.24, 2.45) is 0 Å². The van der Waals surface area contributed by atoms with E-state index in [0.29, 0.717) is 18.9 Å². The standard InChI is InChI=1S/C24H33N3O5S/c1-2-32-21-9-11-22(12-10-21)33(29,30)26-23(19-20-7-4-3-5-8-20)24(28)25-13-6-14-27-15-17-31-18-16-27/h3-5,7-12,23,26H,2,6,13-19H2,1H3,(H,25,28). The number of carbonyl (C=O) groups is 1. The van der Waals surface area contributed by atoms with Gasteiger partial charge in [-0.05, 0) is 56.1 Å². The van der Waals surface area contributed by atoms with Gasteiger partial charge in [0.25, 0.3) is 0 Å². The molecule has 1 aliphatic heterocycles. The zero-order valence-electron chi connectivity index (χ0n) is 19.0. The molecule has 2 N–H and O–H groups in total. The highest BCUT2D eigenvalue weighted by atomic mass is 32.2. The van der Waals surface area contributed by atoms with E-state index in [2.05, 4.69) is 14.9 Å². The molecule has 33 heavy (non-hydrogen) atoms. The molecule has 0 saturated carbocycles. The summed E-state index contributed by atoms with van der Waals surface area (Å²) in [7, 11) is -3.89. The molecular formula is C24H33N3O5S. The number of carbonyl (C=O) groups excluding carboxylic acids is 1. The van der Waals surface area contributed by atoms with Crippen LogP contribution in [0.3, 0.4) is 0 Å². The van der Waals surface area contributed by atoms with Crippen LogP contribution in [-0.2, 0) is 26.0 Å². The second kappa shape index (κ2) is 12.7. The summed E-state index contributed by atoms with van der Waals surface area (Å²) < 4.78 is 39.3. The number of hydrogen-bond acceptors (Lipinski definition) is 6. The first-order valence-corrected chi connectivity index (χ1v) is 12.8. The highest BCUT2D eigenvalue weighted by Crippen LogP contribution is 2.17. The van der Waals surface area contributed by atoms with Crippen LogP contribution in [0.2, 0.25) is 0 Å². The van der Waals surface area contributed by atoms with Gasteiger partial charge in [-0.2, -0.15) is 4.72 Å². The summed E-state index contributed by atoms with van der Waals surface area (Å²) in [4.78, 5) is 15.3. The topological polar surface area (TPSA) is 97.0 Å². The number of benzene rings is 2. The van der Waals surface area contributed by atoms with E-state index in [1.54, 1.807) is 12.1 Å². The quantitative estimate of drug-likeness (QED) is 0.455. The number of amides is 1. The molecule has 1 atom stereocenters. The first kappa shape index (κ1) is 25.2. The highest BCUT2D eigenvalue weighted by Gasteiger charge is 2.26. The molecule has 1 aliphatic rings. The summed E-state index contributed by atoms with van der Waals surface area (Å²) in [5.74, 6) is 0.255. The van der Waals surface area contributed by atoms with Crippen molar-refractivity contribution in [3.05, 3.63) is 60.2 Å². The molecular weight excluding hydrogens is 442 g/mol. The molecule has 2 aromatic rings. The summed E-state index contributed by atoms with van der Waals surface area (Å²) in [5, 5.41) is 2.90. The SMILES string of the molecule is CCOc1ccc(S(=O)(=O)NC(Cc2ccccc2)C(=O)NCCCN2CCOCC2)cc1. The molecule has 1 fully saturated rings. The Bertz CT molecular complexity index is 961. The smallest absolute Gasteiger partial charge is 0.241 e. The summed E-state index contributed by atoms with van der Waals surface area (Å²) in [6.07, 6.45) is 1.04. The Balaban J connectivity index is 1.63. The lowest BCUT2D eigenvalue weighted by atomic mass is 10.1. The van der Waals surface area contributed by atoms with Crippen molar-refractivity contribution in [1.82, 2.24) is 14.9 Å². The second-order valence-electron chi connectivity index (χ2n) is 7.87. The Kier molecular flexibility index (Phi) is 9.68. The van der Waals surface area contributed by atoms with Crippen molar-refractivity contribution < 1.29 is 22.7 Å². The van der Waals surface area contributed by atoms with Gasteiger partial charge < -0.3 is 14.8 Å². The lowest BCUT2D eigenvalue weighted by molar-refractivity contribution is -0.122. The minimum Gasteiger partial charge on any atom is -0.494 e. The molecule has 3 rings (SSSR count). The summed E-state index contributed by atoms with van der Waals surface area (Å²) in [5.41, 5.74) is 0.875. The maximum absolute atomic E-state index is 13.0. The third-order valence-corrected chi connectivity index (χ3v) is 6.88. The maximum atomic E-state index is 13.0. The van der Waals surface area contributed by atoms with Crippen LogP contribution in [0.25, 0.3) is 0 Å². The van der Waals surface area contributed by atoms with Gasteiger partial charge >= 0.3 is 0 Å². The average molecular weight is 476 g/mol. The number of morpholine rings is 1. The molecule has 0 bridgehead atoms. The molecule has 1 saturated heterocycles. The number of ether oxygens (including phenoxy) is 2. The Morgan fingerprint density at radius 1 is 1.09 bits per heavy atom. The number of nitrogens with zero attached hydrogens (tertiary/aromatic N) is 1. The van der Waals surface area contributed by atoms with E-state index < -0.39 is 16.1 Å². The van der Waals surface area contributed by atoms with Crippen LogP contribution >= 0.6 is 0 Å². The van der Waals surface area contributed by atoms with E-state index in [1.807, 2.05) is 37.3 Å². The van der Waals surface area contributed by atoms with Crippen molar-refractivity contribution in [2.75, 3.05) is 46.0 Å². The van der Waals surface area contributed by atoms with Gasteiger partial charge in [0.15, 0.2) is 0 Å². The lowest BCUT2D eigenvalue weighted by Crippen LogP contribution is -2.48. The number of hydrogen-bond donors (Lipinski definition) is 2. The Morgan fingerprint density at radius 3 is 2.45 bits per heavy atom. The van der Waals surface area contributed by atoms with Gasteiger partial charge in [0.1, 0.15) is 11.8 Å². The molecule has 1 heterocycles. The van der Waals surface area contributed by atoms with Gasteiger partial charge in [-0.1, -0.05) is 30.3 Å². The van der Waals surface area contributed by atoms with Crippen LogP contribution in [0.15, 0.2) is 59.5 Å². The van der Waals surface area contributed by atoms with E-state index in [0.717, 1.165) is 44.8 Å². The monoisotopic (exact) mass is 475 g/mol. The van der Waals surface area contributed by atoms with Gasteiger partial charge in [0.05, 0.1) is 24.7 Å². The van der Waals surface area contributed by atoms with Crippen molar-refractivity contribution in [1.29, 1.82) is 0 Å². The third kappa shape index (κ3) is 8.12. The van der Waals surface area contributed by atoms with Crippen LogP contribution in [0.5, 0.6) is 5.75 Å². The first-order valence-electron chi connectivity index (χ1n) is 11.3. The van der Waals surface area contributed by atoms with Gasteiger partial charge in [-0.25, -0.2) is 8.42 Å². The Morgan fingerprint density at radius 2 is 1.79 bits per heavy atom. The van der Waals surface area contributed by atoms with E-state index in [4.69, 9.17) is 9.47 Å². The summed E-state index contributed by atoms with van der Waals surface area (Å²) in [6, 6.07) is 14.6. The maximum Gasteiger partial charge on any atom is 0.241 e. The van der Waals surface area contributed by atoms with E-state index >= 15 is 0 Å². The van der Waals surface area contributed by atoms with Gasteiger partial charge in [0, 0.05) is 19.6 Å². The Labute approximate surface area is 196 Å². The normalized spacial score (nSPS) is 15.7. The first-order chi connectivity index (χ1) is 16.0. The molecule has 1 unspecified atom stereocenters. The van der Waals surface area contributed by atoms with Crippen molar-refractivity contribution >= 4 is 15.9 Å². The van der Waals surface area contributed by atoms with Gasteiger partial charge in [-0.15, -0.1) is 0 Å². The zero-order valence-corrected chi connectivity index (χ0v) is 19.9. The van der Waals surface area contributed by atoms with Gasteiger partial charge in [-0.3, -0.25) is 9.69 Å². The fraction of sp³-hybridized carbons (Fsp3) is 0.458. The Hall–Kier alpha value is -2.46. The van der Waals surface area contributed by atoms with Crippen molar-refractivity contribution in [2.45, 2.75) is 30.7 Å². The van der Waals surface area contributed by atoms with Crippen LogP contribution in [-0.4, -0.2) is 71.3 Å². The zero-order chi connectivity index (χ0) is 23.5. The molecule has 2 aromatic carbocycles. The molecule has 0 aliphatic carbocycles. The van der Waals surface area contributed by atoms with Crippen LogP contribution in [0, 0.1) is 0 Å². The van der Waals surface area contributed by atoms with Crippen LogP contribution in [0.4, 0.5) is 0 Å². The number of rotatable bonds is 12. The van der Waals surface area contributed by atoms with Crippen LogP contribution < -0.4 is 14.8 Å². The van der Waals surface area contributed by atoms with Gasteiger partial charge in [0.2, 0.25) is 15.9 Å². The molecule has 8 nitrogen and oxygen atoms in total. The average Bonchev–Trinajstić information content (AvgIpc) is 2.83. The second-order valence-corrected chi connectivity index (χ2v) is 9.58. The molecule has 1 amide bonds. The van der Waals surface area contributed by atoms with E-state index in [-0.39, 0.29) is 17.2 Å². The minimum atomic E-state index is -3.89. The third-order valence-electron chi connectivity index (χ3n) is 5.40. The lowest BCUT2D eigenvalue weighted by Gasteiger charge is -2.26. The molecule has 0 aromatic heterocycles. The summed E-state index contributed by atoms with van der Waals surface area (Å²) in [6.45, 7) is 6.96. The molecule has 9 heteroatoms. The fourth-order valence-corrected chi connectivity index (χ4v) is 4.83. The predicted octanol–water partition coefficient (Wildman–Crippen LogP) is 1.81. The number of sulfonamides is 1. The molecule has 180 valence electrons. The predicted molar refractivity (Wildman–Crippen MR) is 127 cm³/mol. The minimum absolute atomic E-state index is 0.0872. The number of nitrogens with one attached hydrogen (secondary N) is 2. The molecule has 0 spiro atoms. The van der Waals surface area contributed by atoms with Crippen molar-refractivity contribution in [3.8, 4) is 5.75 Å². The highest BCUT2D eigenvalue weighted by molar-refractivity contribution is 7.89.